The second-order valence-corrected chi connectivity index (χ2v) is 7.32. The SMILES string of the molecule is C=CCOc1ccc(/C=C2\C(=O)N(c3cccc4ccccc34)C(C)=C2C(=O)OC)cc1. The summed E-state index contributed by atoms with van der Waals surface area (Å²) in [7, 11) is 1.32. The van der Waals surface area contributed by atoms with Gasteiger partial charge in [-0.25, -0.2) is 4.79 Å². The van der Waals surface area contributed by atoms with Crippen LogP contribution in [0.4, 0.5) is 5.69 Å². The molecule has 0 bridgehead atoms. The van der Waals surface area contributed by atoms with Crippen LogP contribution in [-0.2, 0) is 14.3 Å². The Morgan fingerprint density at radius 3 is 2.47 bits per heavy atom. The van der Waals surface area contributed by atoms with Crippen molar-refractivity contribution in [2.75, 3.05) is 18.6 Å². The number of hydrogen-bond donors (Lipinski definition) is 0. The van der Waals surface area contributed by atoms with Gasteiger partial charge < -0.3 is 9.47 Å². The van der Waals surface area contributed by atoms with Gasteiger partial charge in [0.15, 0.2) is 0 Å². The lowest BCUT2D eigenvalue weighted by molar-refractivity contribution is -0.136. The fraction of sp³-hybridized carbons (Fsp3) is 0.111. The van der Waals surface area contributed by atoms with Crippen LogP contribution in [0.5, 0.6) is 5.75 Å². The lowest BCUT2D eigenvalue weighted by Gasteiger charge is -2.20. The van der Waals surface area contributed by atoms with Crippen LogP contribution in [0.15, 0.2) is 96.2 Å². The summed E-state index contributed by atoms with van der Waals surface area (Å²) in [6, 6.07) is 20.9. The fourth-order valence-electron chi connectivity index (χ4n) is 3.86. The summed E-state index contributed by atoms with van der Waals surface area (Å²) in [6.07, 6.45) is 3.38. The molecule has 0 radical (unpaired) electrons. The van der Waals surface area contributed by atoms with Gasteiger partial charge in [-0.15, -0.1) is 0 Å². The van der Waals surface area contributed by atoms with E-state index >= 15 is 0 Å². The van der Waals surface area contributed by atoms with Crippen molar-refractivity contribution in [3.8, 4) is 5.75 Å². The Hall–Kier alpha value is -4.12. The maximum atomic E-state index is 13.6. The van der Waals surface area contributed by atoms with E-state index in [-0.39, 0.29) is 11.5 Å². The van der Waals surface area contributed by atoms with Gasteiger partial charge in [-0.1, -0.05) is 61.2 Å². The standard InChI is InChI=1S/C27H23NO4/c1-4-16-32-21-14-12-19(13-15-21)17-23-25(27(30)31-3)18(2)28(26(23)29)24-11-7-9-20-8-5-6-10-22(20)24/h4-15,17H,1,16H2,2-3H3/b23-17-. The van der Waals surface area contributed by atoms with Gasteiger partial charge in [0.2, 0.25) is 0 Å². The van der Waals surface area contributed by atoms with Crippen molar-refractivity contribution in [3.63, 3.8) is 0 Å². The molecule has 1 amide bonds. The number of anilines is 1. The van der Waals surface area contributed by atoms with Crippen molar-refractivity contribution in [1.82, 2.24) is 0 Å². The van der Waals surface area contributed by atoms with Gasteiger partial charge >= 0.3 is 5.97 Å². The predicted molar refractivity (Wildman–Crippen MR) is 126 cm³/mol. The molecular weight excluding hydrogens is 402 g/mol. The minimum absolute atomic E-state index is 0.261. The van der Waals surface area contributed by atoms with Crippen molar-refractivity contribution < 1.29 is 19.1 Å². The molecule has 0 aliphatic carbocycles. The largest absolute Gasteiger partial charge is 0.490 e. The quantitative estimate of drug-likeness (QED) is 0.306. The van der Waals surface area contributed by atoms with Crippen LogP contribution in [0, 0.1) is 0 Å². The Morgan fingerprint density at radius 2 is 1.75 bits per heavy atom. The molecule has 1 heterocycles. The van der Waals surface area contributed by atoms with E-state index in [1.54, 1.807) is 24.0 Å². The molecule has 0 unspecified atom stereocenters. The van der Waals surface area contributed by atoms with E-state index < -0.39 is 5.97 Å². The van der Waals surface area contributed by atoms with Crippen molar-refractivity contribution in [1.29, 1.82) is 0 Å². The number of amides is 1. The highest BCUT2D eigenvalue weighted by Gasteiger charge is 2.38. The summed E-state index contributed by atoms with van der Waals surface area (Å²) < 4.78 is 10.5. The van der Waals surface area contributed by atoms with E-state index in [0.717, 1.165) is 22.0 Å². The third kappa shape index (κ3) is 3.81. The number of carbonyl (C=O) groups excluding carboxylic acids is 2. The van der Waals surface area contributed by atoms with Gasteiger partial charge in [-0.05, 0) is 42.1 Å². The third-order valence-corrected chi connectivity index (χ3v) is 5.36. The minimum atomic E-state index is -0.546. The molecule has 0 saturated carbocycles. The Morgan fingerprint density at radius 1 is 1.03 bits per heavy atom. The first-order valence-corrected chi connectivity index (χ1v) is 10.2. The van der Waals surface area contributed by atoms with E-state index in [1.165, 1.54) is 7.11 Å². The highest BCUT2D eigenvalue weighted by molar-refractivity contribution is 6.25. The summed E-state index contributed by atoms with van der Waals surface area (Å²) in [5.41, 5.74) is 2.59. The van der Waals surface area contributed by atoms with Crippen molar-refractivity contribution in [2.45, 2.75) is 6.92 Å². The fourth-order valence-corrected chi connectivity index (χ4v) is 3.86. The van der Waals surface area contributed by atoms with E-state index in [4.69, 9.17) is 9.47 Å². The molecule has 0 saturated heterocycles. The van der Waals surface area contributed by atoms with Gasteiger partial charge in [0, 0.05) is 11.1 Å². The number of esters is 1. The molecular formula is C27H23NO4. The first-order chi connectivity index (χ1) is 15.5. The molecule has 0 N–H and O–H groups in total. The maximum absolute atomic E-state index is 13.6. The normalized spacial score (nSPS) is 14.9. The molecule has 5 nitrogen and oxygen atoms in total. The van der Waals surface area contributed by atoms with Crippen LogP contribution in [-0.4, -0.2) is 25.6 Å². The summed E-state index contributed by atoms with van der Waals surface area (Å²) in [4.78, 5) is 27.8. The molecule has 1 aliphatic rings. The Balaban J connectivity index is 1.80. The Labute approximate surface area is 186 Å². The van der Waals surface area contributed by atoms with E-state index in [1.807, 2.05) is 66.7 Å². The number of ether oxygens (including phenoxy) is 2. The molecule has 0 aromatic heterocycles. The first-order valence-electron chi connectivity index (χ1n) is 10.2. The van der Waals surface area contributed by atoms with Crippen LogP contribution in [0.1, 0.15) is 12.5 Å². The molecule has 3 aromatic carbocycles. The molecule has 5 heteroatoms. The molecule has 0 atom stereocenters. The molecule has 0 spiro atoms. The zero-order valence-electron chi connectivity index (χ0n) is 18.0. The highest BCUT2D eigenvalue weighted by atomic mass is 16.5. The second-order valence-electron chi connectivity index (χ2n) is 7.32. The Bertz CT molecular complexity index is 1260. The van der Waals surface area contributed by atoms with Crippen LogP contribution < -0.4 is 9.64 Å². The number of benzene rings is 3. The highest BCUT2D eigenvalue weighted by Crippen LogP contribution is 2.38. The number of fused-ring (bicyclic) bond motifs is 1. The Kier molecular flexibility index (Phi) is 5.90. The molecule has 3 aromatic rings. The molecule has 32 heavy (non-hydrogen) atoms. The number of rotatable bonds is 6. The monoisotopic (exact) mass is 425 g/mol. The second kappa shape index (κ2) is 8.94. The van der Waals surface area contributed by atoms with Crippen molar-refractivity contribution >= 4 is 34.4 Å². The maximum Gasteiger partial charge on any atom is 0.340 e. The van der Waals surface area contributed by atoms with Gasteiger partial charge in [0.25, 0.3) is 5.91 Å². The average Bonchev–Trinajstić information content (AvgIpc) is 3.06. The summed E-state index contributed by atoms with van der Waals surface area (Å²) >= 11 is 0. The van der Waals surface area contributed by atoms with Crippen LogP contribution >= 0.6 is 0 Å². The molecule has 0 fully saturated rings. The number of allylic oxidation sites excluding steroid dienone is 1. The lowest BCUT2D eigenvalue weighted by atomic mass is 10.0. The van der Waals surface area contributed by atoms with E-state index in [9.17, 15) is 9.59 Å². The topological polar surface area (TPSA) is 55.8 Å². The van der Waals surface area contributed by atoms with Gasteiger partial charge in [-0.2, -0.15) is 0 Å². The van der Waals surface area contributed by atoms with Gasteiger partial charge in [0.05, 0.1) is 23.9 Å². The van der Waals surface area contributed by atoms with Crippen LogP contribution in [0.3, 0.4) is 0 Å². The molecule has 160 valence electrons. The van der Waals surface area contributed by atoms with E-state index in [0.29, 0.717) is 23.6 Å². The molecule has 4 rings (SSSR count). The summed E-state index contributed by atoms with van der Waals surface area (Å²) in [5, 5.41) is 1.94. The van der Waals surface area contributed by atoms with Gasteiger partial charge in [0.1, 0.15) is 12.4 Å². The number of carbonyl (C=O) groups is 2. The van der Waals surface area contributed by atoms with Gasteiger partial charge in [-0.3, -0.25) is 9.69 Å². The van der Waals surface area contributed by atoms with Crippen LogP contribution in [0.2, 0.25) is 0 Å². The zero-order valence-corrected chi connectivity index (χ0v) is 18.0. The van der Waals surface area contributed by atoms with Crippen molar-refractivity contribution in [2.24, 2.45) is 0 Å². The third-order valence-electron chi connectivity index (χ3n) is 5.36. The number of hydrogen-bond acceptors (Lipinski definition) is 4. The summed E-state index contributed by atoms with van der Waals surface area (Å²) in [6.45, 7) is 5.81. The predicted octanol–water partition coefficient (Wildman–Crippen LogP) is 5.28. The minimum Gasteiger partial charge on any atom is -0.490 e. The summed E-state index contributed by atoms with van der Waals surface area (Å²) in [5.74, 6) is -0.121. The first kappa shape index (κ1) is 21.1. The average molecular weight is 425 g/mol. The lowest BCUT2D eigenvalue weighted by Crippen LogP contribution is -2.24. The van der Waals surface area contributed by atoms with E-state index in [2.05, 4.69) is 6.58 Å². The van der Waals surface area contributed by atoms with Crippen molar-refractivity contribution in [3.05, 3.63) is 102 Å². The zero-order chi connectivity index (χ0) is 22.7. The smallest absolute Gasteiger partial charge is 0.340 e. The number of nitrogens with zero attached hydrogens (tertiary/aromatic N) is 1. The molecule has 1 aliphatic heterocycles. The number of methoxy groups -OCH3 is 1. The van der Waals surface area contributed by atoms with Crippen LogP contribution in [0.25, 0.3) is 16.8 Å².